The molecule has 4 heterocycles. The Morgan fingerprint density at radius 3 is 2.89 bits per heavy atom. The molecule has 0 bridgehead atoms. The van der Waals surface area contributed by atoms with Gasteiger partial charge in [-0.25, -0.2) is 4.98 Å². The number of aromatic nitrogens is 2. The van der Waals surface area contributed by atoms with Crippen molar-refractivity contribution in [3.05, 3.63) is 69.1 Å². The number of halogens is 1. The molecular weight excluding hydrogens is 390 g/mol. The van der Waals surface area contributed by atoms with Crippen LogP contribution in [0, 0.1) is 0 Å². The minimum Gasteiger partial charge on any atom is -0.335 e. The van der Waals surface area contributed by atoms with Crippen molar-refractivity contribution < 1.29 is 4.79 Å². The summed E-state index contributed by atoms with van der Waals surface area (Å²) in [5, 5.41) is 3.88. The van der Waals surface area contributed by atoms with Crippen molar-refractivity contribution in [1.82, 2.24) is 14.9 Å². The average Bonchev–Trinajstić information content (AvgIpc) is 3.18. The number of aryl methyl sites for hydroxylation is 1. The van der Waals surface area contributed by atoms with Gasteiger partial charge >= 0.3 is 0 Å². The third-order valence-corrected chi connectivity index (χ3v) is 7.05. The molecule has 2 unspecified atom stereocenters. The molecule has 5 rings (SSSR count). The lowest BCUT2D eigenvalue weighted by atomic mass is 9.91. The van der Waals surface area contributed by atoms with Crippen LogP contribution >= 0.6 is 22.9 Å². The van der Waals surface area contributed by atoms with Crippen LogP contribution in [0.15, 0.2) is 48.0 Å². The van der Waals surface area contributed by atoms with Crippen molar-refractivity contribution >= 4 is 28.8 Å². The highest BCUT2D eigenvalue weighted by atomic mass is 35.5. The second-order valence-electron chi connectivity index (χ2n) is 7.51. The molecule has 142 valence electrons. The Balaban J connectivity index is 1.40. The Hall–Kier alpha value is -2.24. The first-order chi connectivity index (χ1) is 13.7. The average molecular weight is 410 g/mol. The maximum absolute atomic E-state index is 13.2. The monoisotopic (exact) mass is 409 g/mol. The first-order valence-corrected chi connectivity index (χ1v) is 10.9. The molecule has 0 N–H and O–H groups in total. The zero-order valence-corrected chi connectivity index (χ0v) is 16.9. The molecule has 1 saturated heterocycles. The third-order valence-electron chi connectivity index (χ3n) is 5.81. The molecule has 1 aromatic carbocycles. The van der Waals surface area contributed by atoms with Crippen molar-refractivity contribution in [2.45, 2.75) is 37.6 Å². The van der Waals surface area contributed by atoms with Crippen molar-refractivity contribution in [1.29, 1.82) is 0 Å². The van der Waals surface area contributed by atoms with E-state index in [0.29, 0.717) is 11.1 Å². The molecular formula is C22H20ClN3OS. The smallest absolute Gasteiger partial charge is 0.254 e. The molecule has 28 heavy (non-hydrogen) atoms. The van der Waals surface area contributed by atoms with Gasteiger partial charge in [0.2, 0.25) is 0 Å². The molecule has 2 atom stereocenters. The minimum atomic E-state index is 0.139. The molecule has 4 nitrogen and oxygen atoms in total. The number of carbonyl (C=O) groups excluding carboxylic acids is 1. The van der Waals surface area contributed by atoms with Gasteiger partial charge in [-0.2, -0.15) is 0 Å². The van der Waals surface area contributed by atoms with Crippen LogP contribution in [0.4, 0.5) is 0 Å². The standard InChI is InChI=1S/C22H20ClN3OS/c23-16-6-9-18-14(11-16)4-7-17-8-5-15(12-26(17)22(18)27)21-25-20(13-28-21)19-3-1-2-10-24-19/h1-3,6,9-11,13,15,17H,4-5,7-8,12H2. The Kier molecular flexibility index (Phi) is 4.65. The predicted octanol–water partition coefficient (Wildman–Crippen LogP) is 5.19. The minimum absolute atomic E-state index is 0.139. The van der Waals surface area contributed by atoms with E-state index < -0.39 is 0 Å². The molecule has 2 aromatic heterocycles. The van der Waals surface area contributed by atoms with E-state index in [0.717, 1.165) is 59.8 Å². The van der Waals surface area contributed by atoms with Crippen molar-refractivity contribution in [3.8, 4) is 11.4 Å². The second-order valence-corrected chi connectivity index (χ2v) is 8.84. The summed E-state index contributed by atoms with van der Waals surface area (Å²) < 4.78 is 0. The summed E-state index contributed by atoms with van der Waals surface area (Å²) in [6.45, 7) is 0.737. The number of benzene rings is 1. The van der Waals surface area contributed by atoms with Crippen molar-refractivity contribution in [3.63, 3.8) is 0 Å². The molecule has 2 aliphatic rings. The summed E-state index contributed by atoms with van der Waals surface area (Å²) in [6.07, 6.45) is 5.80. The third kappa shape index (κ3) is 3.23. The molecule has 0 aliphatic carbocycles. The fourth-order valence-corrected chi connectivity index (χ4v) is 5.48. The van der Waals surface area contributed by atoms with E-state index in [1.807, 2.05) is 36.4 Å². The summed E-state index contributed by atoms with van der Waals surface area (Å²) in [6, 6.07) is 11.8. The van der Waals surface area contributed by atoms with Crippen LogP contribution in [0.5, 0.6) is 0 Å². The number of fused-ring (bicyclic) bond motifs is 2. The van der Waals surface area contributed by atoms with Crippen LogP contribution in [0.3, 0.4) is 0 Å². The fraction of sp³-hybridized carbons (Fsp3) is 0.318. The van der Waals surface area contributed by atoms with E-state index in [4.69, 9.17) is 16.6 Å². The number of hydrogen-bond acceptors (Lipinski definition) is 4. The summed E-state index contributed by atoms with van der Waals surface area (Å²) in [7, 11) is 0. The SMILES string of the molecule is O=C1c2ccc(Cl)cc2CCC2CCC(c3nc(-c4ccccn4)cs3)CN12. The van der Waals surface area contributed by atoms with Gasteiger partial charge in [-0.3, -0.25) is 9.78 Å². The molecule has 0 radical (unpaired) electrons. The molecule has 1 amide bonds. The van der Waals surface area contributed by atoms with Gasteiger partial charge in [0.25, 0.3) is 5.91 Å². The van der Waals surface area contributed by atoms with Gasteiger partial charge in [0.05, 0.1) is 16.4 Å². The maximum Gasteiger partial charge on any atom is 0.254 e. The van der Waals surface area contributed by atoms with Gasteiger partial charge in [0.15, 0.2) is 0 Å². The number of hydrogen-bond donors (Lipinski definition) is 0. The van der Waals surface area contributed by atoms with Gasteiger partial charge in [0, 0.05) is 40.7 Å². The highest BCUT2D eigenvalue weighted by molar-refractivity contribution is 7.10. The van der Waals surface area contributed by atoms with Crippen molar-refractivity contribution in [2.24, 2.45) is 0 Å². The highest BCUT2D eigenvalue weighted by Crippen LogP contribution is 2.37. The first kappa shape index (κ1) is 17.8. The van der Waals surface area contributed by atoms with Gasteiger partial charge in [-0.15, -0.1) is 11.3 Å². The number of rotatable bonds is 2. The fourth-order valence-electron chi connectivity index (χ4n) is 4.34. The van der Waals surface area contributed by atoms with Crippen LogP contribution in [-0.2, 0) is 6.42 Å². The van der Waals surface area contributed by atoms with Crippen LogP contribution in [0.2, 0.25) is 5.02 Å². The lowest BCUT2D eigenvalue weighted by Gasteiger charge is -2.38. The van der Waals surface area contributed by atoms with E-state index >= 15 is 0 Å². The van der Waals surface area contributed by atoms with Crippen molar-refractivity contribution in [2.75, 3.05) is 6.54 Å². The highest BCUT2D eigenvalue weighted by Gasteiger charge is 2.36. The number of nitrogens with zero attached hydrogens (tertiary/aromatic N) is 3. The Morgan fingerprint density at radius 1 is 1.11 bits per heavy atom. The largest absolute Gasteiger partial charge is 0.335 e. The molecule has 3 aromatic rings. The number of amides is 1. The van der Waals surface area contributed by atoms with Crippen LogP contribution in [-0.4, -0.2) is 33.4 Å². The Bertz CT molecular complexity index is 1020. The molecule has 1 fully saturated rings. The summed E-state index contributed by atoms with van der Waals surface area (Å²) >= 11 is 7.83. The number of piperidine rings is 1. The Labute approximate surface area is 173 Å². The first-order valence-electron chi connectivity index (χ1n) is 9.65. The van der Waals surface area contributed by atoms with Gasteiger partial charge in [0.1, 0.15) is 0 Å². The van der Waals surface area contributed by atoms with Gasteiger partial charge in [-0.05, 0) is 61.6 Å². The summed E-state index contributed by atoms with van der Waals surface area (Å²) in [5.41, 5.74) is 3.70. The van der Waals surface area contributed by atoms with E-state index in [1.165, 1.54) is 0 Å². The van der Waals surface area contributed by atoms with Crippen LogP contribution in [0.1, 0.15) is 46.1 Å². The summed E-state index contributed by atoms with van der Waals surface area (Å²) in [5.74, 6) is 0.428. The van der Waals surface area contributed by atoms with Crippen LogP contribution < -0.4 is 0 Å². The van der Waals surface area contributed by atoms with E-state index in [2.05, 4.69) is 15.3 Å². The quantitative estimate of drug-likeness (QED) is 0.584. The zero-order chi connectivity index (χ0) is 19.1. The molecule has 2 aliphatic heterocycles. The molecule has 0 spiro atoms. The normalized spacial score (nSPS) is 21.8. The Morgan fingerprint density at radius 2 is 2.04 bits per heavy atom. The van der Waals surface area contributed by atoms with Gasteiger partial charge < -0.3 is 4.90 Å². The lowest BCUT2D eigenvalue weighted by Crippen LogP contribution is -2.45. The van der Waals surface area contributed by atoms with E-state index in [1.54, 1.807) is 17.5 Å². The molecule has 6 heteroatoms. The zero-order valence-electron chi connectivity index (χ0n) is 15.3. The number of thiazole rings is 1. The predicted molar refractivity (Wildman–Crippen MR) is 112 cm³/mol. The molecule has 0 saturated carbocycles. The maximum atomic E-state index is 13.2. The lowest BCUT2D eigenvalue weighted by molar-refractivity contribution is 0.0588. The summed E-state index contributed by atoms with van der Waals surface area (Å²) in [4.78, 5) is 24.6. The van der Waals surface area contributed by atoms with Gasteiger partial charge in [-0.1, -0.05) is 17.7 Å². The second kappa shape index (κ2) is 7.30. The van der Waals surface area contributed by atoms with Crippen LogP contribution in [0.25, 0.3) is 11.4 Å². The number of pyridine rings is 1. The van der Waals surface area contributed by atoms with E-state index in [9.17, 15) is 4.79 Å². The topological polar surface area (TPSA) is 46.1 Å². The van der Waals surface area contributed by atoms with E-state index in [-0.39, 0.29) is 11.8 Å². The number of carbonyl (C=O) groups is 1.